The van der Waals surface area contributed by atoms with E-state index in [1.54, 1.807) is 0 Å². The molecule has 0 radical (unpaired) electrons. The third kappa shape index (κ3) is 3.02. The first-order valence-electron chi connectivity index (χ1n) is 5.12. The molecular weight excluding hydrogens is 194 g/mol. The van der Waals surface area contributed by atoms with Crippen molar-refractivity contribution in [3.63, 3.8) is 0 Å². The van der Waals surface area contributed by atoms with E-state index < -0.39 is 0 Å². The van der Waals surface area contributed by atoms with Crippen LogP contribution in [0.3, 0.4) is 0 Å². The van der Waals surface area contributed by atoms with Gasteiger partial charge in [-0.15, -0.1) is 0 Å². The molecular formula is C10H19N3O2. The molecule has 0 aliphatic heterocycles. The average molecular weight is 213 g/mol. The molecule has 0 atom stereocenters. The first-order chi connectivity index (χ1) is 7.20. The van der Waals surface area contributed by atoms with Crippen molar-refractivity contribution in [3.8, 4) is 0 Å². The number of ether oxygens (including phenoxy) is 1. The summed E-state index contributed by atoms with van der Waals surface area (Å²) in [4.78, 5) is 0. The molecule has 0 saturated heterocycles. The van der Waals surface area contributed by atoms with Crippen molar-refractivity contribution in [2.45, 2.75) is 26.9 Å². The number of nitrogens with zero attached hydrogens (tertiary/aromatic N) is 2. The van der Waals surface area contributed by atoms with Crippen LogP contribution in [-0.2, 0) is 17.8 Å². The van der Waals surface area contributed by atoms with Gasteiger partial charge < -0.3 is 15.6 Å². The summed E-state index contributed by atoms with van der Waals surface area (Å²) in [6.07, 6.45) is 0. The molecule has 15 heavy (non-hydrogen) atoms. The number of aromatic nitrogens is 2. The first-order valence-corrected chi connectivity index (χ1v) is 5.12. The van der Waals surface area contributed by atoms with Crippen LogP contribution in [-0.4, -0.2) is 34.7 Å². The minimum atomic E-state index is 0.0607. The maximum atomic E-state index is 8.54. The Morgan fingerprint density at radius 3 is 2.67 bits per heavy atom. The Labute approximate surface area is 89.8 Å². The maximum absolute atomic E-state index is 8.54. The monoisotopic (exact) mass is 213 g/mol. The van der Waals surface area contributed by atoms with E-state index in [-0.39, 0.29) is 6.61 Å². The van der Waals surface area contributed by atoms with Crippen LogP contribution in [0.2, 0.25) is 0 Å². The number of aliphatic hydroxyl groups excluding tert-OH is 1. The van der Waals surface area contributed by atoms with Crippen LogP contribution >= 0.6 is 0 Å². The van der Waals surface area contributed by atoms with Crippen LogP contribution in [0.1, 0.15) is 17.0 Å². The molecule has 86 valence electrons. The van der Waals surface area contributed by atoms with Gasteiger partial charge in [-0.25, -0.2) is 0 Å². The van der Waals surface area contributed by atoms with Gasteiger partial charge in [-0.3, -0.25) is 4.68 Å². The zero-order valence-electron chi connectivity index (χ0n) is 9.36. The van der Waals surface area contributed by atoms with Gasteiger partial charge in [-0.1, -0.05) is 0 Å². The van der Waals surface area contributed by atoms with Gasteiger partial charge in [0.1, 0.15) is 0 Å². The van der Waals surface area contributed by atoms with E-state index in [0.29, 0.717) is 26.3 Å². The minimum absolute atomic E-state index is 0.0607. The number of aryl methyl sites for hydroxylation is 1. The topological polar surface area (TPSA) is 73.3 Å². The van der Waals surface area contributed by atoms with Crippen LogP contribution in [0.15, 0.2) is 0 Å². The van der Waals surface area contributed by atoms with Crippen molar-refractivity contribution in [1.29, 1.82) is 0 Å². The van der Waals surface area contributed by atoms with Crippen molar-refractivity contribution in [3.05, 3.63) is 17.0 Å². The second kappa shape index (κ2) is 5.85. The number of rotatable bonds is 6. The SMILES string of the molecule is Cc1nn(CCOCCO)c(C)c1CN. The van der Waals surface area contributed by atoms with Gasteiger partial charge in [0.2, 0.25) is 0 Å². The van der Waals surface area contributed by atoms with Crippen LogP contribution in [0, 0.1) is 13.8 Å². The summed E-state index contributed by atoms with van der Waals surface area (Å²) in [5.74, 6) is 0. The number of nitrogens with two attached hydrogens (primary N) is 1. The van der Waals surface area contributed by atoms with Gasteiger partial charge in [-0.2, -0.15) is 5.10 Å². The summed E-state index contributed by atoms with van der Waals surface area (Å²) < 4.78 is 7.08. The highest BCUT2D eigenvalue weighted by atomic mass is 16.5. The molecule has 5 heteroatoms. The Balaban J connectivity index is 2.54. The zero-order chi connectivity index (χ0) is 11.3. The van der Waals surface area contributed by atoms with Crippen molar-refractivity contribution < 1.29 is 9.84 Å². The largest absolute Gasteiger partial charge is 0.394 e. The Morgan fingerprint density at radius 2 is 2.13 bits per heavy atom. The minimum Gasteiger partial charge on any atom is -0.394 e. The summed E-state index contributed by atoms with van der Waals surface area (Å²) in [5.41, 5.74) is 8.82. The summed E-state index contributed by atoms with van der Waals surface area (Å²) in [6.45, 7) is 6.19. The molecule has 0 fully saturated rings. The van der Waals surface area contributed by atoms with Crippen molar-refractivity contribution in [1.82, 2.24) is 9.78 Å². The van der Waals surface area contributed by atoms with Gasteiger partial charge in [0.25, 0.3) is 0 Å². The van der Waals surface area contributed by atoms with E-state index >= 15 is 0 Å². The highest BCUT2D eigenvalue weighted by Crippen LogP contribution is 2.11. The fourth-order valence-electron chi connectivity index (χ4n) is 1.56. The Bertz CT molecular complexity index is 310. The number of hydrogen-bond donors (Lipinski definition) is 2. The second-order valence-electron chi connectivity index (χ2n) is 3.41. The van der Waals surface area contributed by atoms with Gasteiger partial charge in [0, 0.05) is 17.8 Å². The van der Waals surface area contributed by atoms with E-state index in [9.17, 15) is 0 Å². The highest BCUT2D eigenvalue weighted by molar-refractivity contribution is 5.23. The molecule has 0 aliphatic carbocycles. The van der Waals surface area contributed by atoms with Gasteiger partial charge in [-0.05, 0) is 13.8 Å². The predicted molar refractivity (Wildman–Crippen MR) is 57.5 cm³/mol. The fourth-order valence-corrected chi connectivity index (χ4v) is 1.56. The van der Waals surface area contributed by atoms with Crippen LogP contribution in [0.5, 0.6) is 0 Å². The molecule has 0 aliphatic rings. The first kappa shape index (κ1) is 12.2. The highest BCUT2D eigenvalue weighted by Gasteiger charge is 2.08. The van der Waals surface area contributed by atoms with Gasteiger partial charge >= 0.3 is 0 Å². The molecule has 3 N–H and O–H groups in total. The van der Waals surface area contributed by atoms with E-state index in [1.807, 2.05) is 18.5 Å². The molecule has 0 unspecified atom stereocenters. The average Bonchev–Trinajstić information content (AvgIpc) is 2.49. The molecule has 0 aromatic carbocycles. The third-order valence-corrected chi connectivity index (χ3v) is 2.42. The predicted octanol–water partition coefficient (Wildman–Crippen LogP) is -0.0325. The van der Waals surface area contributed by atoms with E-state index in [1.165, 1.54) is 0 Å². The third-order valence-electron chi connectivity index (χ3n) is 2.42. The van der Waals surface area contributed by atoms with Crippen molar-refractivity contribution in [2.75, 3.05) is 19.8 Å². The van der Waals surface area contributed by atoms with Gasteiger partial charge in [0.15, 0.2) is 0 Å². The summed E-state index contributed by atoms with van der Waals surface area (Å²) in [6, 6.07) is 0. The maximum Gasteiger partial charge on any atom is 0.0698 e. The second-order valence-corrected chi connectivity index (χ2v) is 3.41. The van der Waals surface area contributed by atoms with Crippen LogP contribution in [0.25, 0.3) is 0 Å². The Hall–Kier alpha value is -0.910. The zero-order valence-corrected chi connectivity index (χ0v) is 9.36. The lowest BCUT2D eigenvalue weighted by Gasteiger charge is -2.05. The van der Waals surface area contributed by atoms with Crippen LogP contribution < -0.4 is 5.73 Å². The van der Waals surface area contributed by atoms with Crippen molar-refractivity contribution >= 4 is 0 Å². The van der Waals surface area contributed by atoms with Gasteiger partial charge in [0.05, 0.1) is 32.1 Å². The van der Waals surface area contributed by atoms with Crippen molar-refractivity contribution in [2.24, 2.45) is 5.73 Å². The molecule has 1 rings (SSSR count). The quantitative estimate of drug-likeness (QED) is 0.651. The standard InChI is InChI=1S/C10H19N3O2/c1-8-10(7-11)9(2)13(12-8)3-5-15-6-4-14/h14H,3-7,11H2,1-2H3. The number of hydrogen-bond acceptors (Lipinski definition) is 4. The molecule has 0 amide bonds. The molecule has 0 saturated carbocycles. The smallest absolute Gasteiger partial charge is 0.0698 e. The Morgan fingerprint density at radius 1 is 1.40 bits per heavy atom. The van der Waals surface area contributed by atoms with E-state index in [2.05, 4.69) is 5.10 Å². The summed E-state index contributed by atoms with van der Waals surface area (Å²) in [7, 11) is 0. The lowest BCUT2D eigenvalue weighted by Crippen LogP contribution is -2.11. The molecule has 0 bridgehead atoms. The summed E-state index contributed by atoms with van der Waals surface area (Å²) >= 11 is 0. The molecule has 1 aromatic heterocycles. The normalized spacial score (nSPS) is 10.9. The molecule has 1 aromatic rings. The van der Waals surface area contributed by atoms with E-state index in [0.717, 1.165) is 17.0 Å². The van der Waals surface area contributed by atoms with Crippen LogP contribution in [0.4, 0.5) is 0 Å². The lowest BCUT2D eigenvalue weighted by atomic mass is 10.2. The Kier molecular flexibility index (Phi) is 4.74. The molecule has 5 nitrogen and oxygen atoms in total. The molecule has 0 spiro atoms. The number of aliphatic hydroxyl groups is 1. The van der Waals surface area contributed by atoms with E-state index in [4.69, 9.17) is 15.6 Å². The fraction of sp³-hybridized carbons (Fsp3) is 0.700. The molecule has 1 heterocycles. The summed E-state index contributed by atoms with van der Waals surface area (Å²) in [5, 5.41) is 12.9. The lowest BCUT2D eigenvalue weighted by molar-refractivity contribution is 0.0850.